The number of unbranched alkanes of at least 4 members (excludes halogenated alkanes) is 20. The van der Waals surface area contributed by atoms with E-state index >= 15 is 0 Å². The molecule has 0 aliphatic heterocycles. The van der Waals surface area contributed by atoms with Crippen LogP contribution in [0.4, 0.5) is 0 Å². The first-order chi connectivity index (χ1) is 21.7. The zero-order chi connectivity index (χ0) is 33.4. The summed E-state index contributed by atoms with van der Waals surface area (Å²) in [5, 5.41) is 18.1. The molecule has 3 atom stereocenters. The van der Waals surface area contributed by atoms with E-state index in [1.807, 2.05) is 6.92 Å². The second kappa shape index (κ2) is 31.6. The molecular weight excluding hydrogens is 599 g/mol. The summed E-state index contributed by atoms with van der Waals surface area (Å²) in [4.78, 5) is 34.2. The topological polar surface area (TPSA) is 149 Å². The van der Waals surface area contributed by atoms with Crippen LogP contribution in [0.3, 0.4) is 0 Å². The Morgan fingerprint density at radius 1 is 0.578 bits per heavy atom. The SMILES string of the molecule is CCCCCCCCCCCCCCCCCCCCCC(=O)OC(COC(=O)CCCCC)COP(=O)(O)OCC(O)CO. The Bertz CT molecular complexity index is 736. The predicted octanol–water partition coefficient (Wildman–Crippen LogP) is 8.33. The van der Waals surface area contributed by atoms with Crippen LogP contribution in [0.2, 0.25) is 0 Å². The van der Waals surface area contributed by atoms with Gasteiger partial charge in [-0.15, -0.1) is 0 Å². The summed E-state index contributed by atoms with van der Waals surface area (Å²) in [5.41, 5.74) is 0. The number of phosphoric ester groups is 1. The van der Waals surface area contributed by atoms with Crippen molar-refractivity contribution < 1.29 is 47.8 Å². The first-order valence-electron chi connectivity index (χ1n) is 18.0. The summed E-state index contributed by atoms with van der Waals surface area (Å²) < 4.78 is 32.2. The van der Waals surface area contributed by atoms with Crippen molar-refractivity contribution in [3.63, 3.8) is 0 Å². The van der Waals surface area contributed by atoms with Gasteiger partial charge in [-0.05, 0) is 12.8 Å². The molecule has 0 saturated heterocycles. The van der Waals surface area contributed by atoms with Gasteiger partial charge in [0.05, 0.1) is 19.8 Å². The van der Waals surface area contributed by atoms with Crippen LogP contribution in [0, 0.1) is 0 Å². The summed E-state index contributed by atoms with van der Waals surface area (Å²) in [6.45, 7) is 2.19. The fourth-order valence-electron chi connectivity index (χ4n) is 4.93. The molecule has 0 aliphatic carbocycles. The molecule has 0 heterocycles. The van der Waals surface area contributed by atoms with Gasteiger partial charge >= 0.3 is 19.8 Å². The maximum atomic E-state index is 12.4. The van der Waals surface area contributed by atoms with Crippen molar-refractivity contribution >= 4 is 19.8 Å². The van der Waals surface area contributed by atoms with E-state index in [1.54, 1.807) is 0 Å². The van der Waals surface area contributed by atoms with Gasteiger partial charge in [-0.1, -0.05) is 142 Å². The van der Waals surface area contributed by atoms with Crippen molar-refractivity contribution in [3.8, 4) is 0 Å². The summed E-state index contributed by atoms with van der Waals surface area (Å²) in [6, 6.07) is 0. The van der Waals surface area contributed by atoms with Gasteiger partial charge < -0.3 is 24.6 Å². The Balaban J connectivity index is 4.05. The molecule has 45 heavy (non-hydrogen) atoms. The lowest BCUT2D eigenvalue weighted by Gasteiger charge is -2.20. The number of carbonyl (C=O) groups is 2. The monoisotopic (exact) mass is 666 g/mol. The minimum Gasteiger partial charge on any atom is -0.462 e. The Hall–Kier alpha value is -1.03. The molecule has 0 saturated carbocycles. The second-order valence-corrected chi connectivity index (χ2v) is 13.7. The third kappa shape index (κ3) is 31.3. The van der Waals surface area contributed by atoms with Crippen molar-refractivity contribution in [1.82, 2.24) is 0 Å². The van der Waals surface area contributed by atoms with Crippen LogP contribution in [0.25, 0.3) is 0 Å². The first kappa shape index (κ1) is 44.0. The number of hydrogen-bond acceptors (Lipinski definition) is 9. The van der Waals surface area contributed by atoms with Crippen LogP contribution in [-0.4, -0.2) is 65.7 Å². The zero-order valence-electron chi connectivity index (χ0n) is 28.6. The molecule has 0 radical (unpaired) electrons. The normalized spacial score (nSPS) is 14.2. The Kier molecular flexibility index (Phi) is 30.8. The van der Waals surface area contributed by atoms with Crippen LogP contribution >= 0.6 is 7.82 Å². The molecule has 0 spiro atoms. The van der Waals surface area contributed by atoms with E-state index in [0.29, 0.717) is 12.8 Å². The number of esters is 2. The minimum atomic E-state index is -4.59. The summed E-state index contributed by atoms with van der Waals surface area (Å²) in [6.07, 6.45) is 24.6. The smallest absolute Gasteiger partial charge is 0.462 e. The van der Waals surface area contributed by atoms with Gasteiger partial charge in [0, 0.05) is 12.8 Å². The molecule has 0 aromatic carbocycles. The summed E-state index contributed by atoms with van der Waals surface area (Å²) in [7, 11) is -4.59. The van der Waals surface area contributed by atoms with Gasteiger partial charge in [-0.25, -0.2) is 4.57 Å². The highest BCUT2D eigenvalue weighted by Gasteiger charge is 2.27. The molecule has 0 fully saturated rings. The number of rotatable bonds is 34. The molecule has 0 amide bonds. The van der Waals surface area contributed by atoms with Gasteiger partial charge in [0.1, 0.15) is 12.7 Å². The lowest BCUT2D eigenvalue weighted by atomic mass is 10.0. The Labute approximate surface area is 273 Å². The highest BCUT2D eigenvalue weighted by atomic mass is 31.2. The quantitative estimate of drug-likeness (QED) is 0.0348. The standard InChI is InChI=1S/C34H67O10P/c1-3-5-7-8-9-10-11-12-13-14-15-16-17-18-19-20-21-22-24-26-34(38)44-32(29-41-33(37)25-23-6-4-2)30-43-45(39,40)42-28-31(36)27-35/h31-32,35-36H,3-30H2,1-2H3,(H,39,40). The lowest BCUT2D eigenvalue weighted by Crippen LogP contribution is -2.29. The van der Waals surface area contributed by atoms with E-state index in [4.69, 9.17) is 19.1 Å². The van der Waals surface area contributed by atoms with Crippen LogP contribution in [0.1, 0.15) is 168 Å². The molecule has 3 unspecified atom stereocenters. The summed E-state index contributed by atoms with van der Waals surface area (Å²) >= 11 is 0. The molecule has 10 nitrogen and oxygen atoms in total. The highest BCUT2D eigenvalue weighted by molar-refractivity contribution is 7.47. The molecule has 0 bridgehead atoms. The number of phosphoric acid groups is 1. The molecule has 0 aromatic rings. The van der Waals surface area contributed by atoms with Gasteiger partial charge in [0.15, 0.2) is 6.10 Å². The maximum Gasteiger partial charge on any atom is 0.472 e. The fourth-order valence-corrected chi connectivity index (χ4v) is 5.72. The molecule has 0 aromatic heterocycles. The van der Waals surface area contributed by atoms with Crippen molar-refractivity contribution in [1.29, 1.82) is 0 Å². The zero-order valence-corrected chi connectivity index (χ0v) is 29.5. The molecule has 3 N–H and O–H groups in total. The van der Waals surface area contributed by atoms with Crippen molar-refractivity contribution in [2.75, 3.05) is 26.4 Å². The summed E-state index contributed by atoms with van der Waals surface area (Å²) in [5.74, 6) is -0.945. The van der Waals surface area contributed by atoms with Gasteiger partial charge in [-0.2, -0.15) is 0 Å². The predicted molar refractivity (Wildman–Crippen MR) is 178 cm³/mol. The molecule has 268 valence electrons. The van der Waals surface area contributed by atoms with E-state index < -0.39 is 51.8 Å². The highest BCUT2D eigenvalue weighted by Crippen LogP contribution is 2.43. The van der Waals surface area contributed by atoms with E-state index in [9.17, 15) is 24.2 Å². The van der Waals surface area contributed by atoms with Gasteiger partial charge in [0.25, 0.3) is 0 Å². The average Bonchev–Trinajstić information content (AvgIpc) is 3.02. The van der Waals surface area contributed by atoms with Crippen molar-refractivity contribution in [2.24, 2.45) is 0 Å². The Morgan fingerprint density at radius 2 is 0.956 bits per heavy atom. The number of aliphatic hydroxyl groups excluding tert-OH is 2. The van der Waals surface area contributed by atoms with Gasteiger partial charge in [0.2, 0.25) is 0 Å². The van der Waals surface area contributed by atoms with Crippen LogP contribution in [0.15, 0.2) is 0 Å². The van der Waals surface area contributed by atoms with Crippen molar-refractivity contribution in [3.05, 3.63) is 0 Å². The molecule has 11 heteroatoms. The largest absolute Gasteiger partial charge is 0.472 e. The number of ether oxygens (including phenoxy) is 2. The number of hydrogen-bond donors (Lipinski definition) is 3. The third-order valence-corrected chi connectivity index (χ3v) is 8.71. The van der Waals surface area contributed by atoms with Crippen LogP contribution < -0.4 is 0 Å². The number of aliphatic hydroxyl groups is 2. The minimum absolute atomic E-state index is 0.190. The van der Waals surface area contributed by atoms with E-state index in [0.717, 1.165) is 32.1 Å². The lowest BCUT2D eigenvalue weighted by molar-refractivity contribution is -0.161. The maximum absolute atomic E-state index is 12.4. The van der Waals surface area contributed by atoms with E-state index in [-0.39, 0.29) is 19.4 Å². The van der Waals surface area contributed by atoms with Crippen LogP contribution in [0.5, 0.6) is 0 Å². The molecule has 0 aliphatic rings. The average molecular weight is 667 g/mol. The van der Waals surface area contributed by atoms with Crippen LogP contribution in [-0.2, 0) is 32.7 Å². The third-order valence-electron chi connectivity index (χ3n) is 7.76. The van der Waals surface area contributed by atoms with Gasteiger partial charge in [-0.3, -0.25) is 18.6 Å². The Morgan fingerprint density at radius 3 is 1.42 bits per heavy atom. The molecule has 0 rings (SSSR count). The first-order valence-corrected chi connectivity index (χ1v) is 19.5. The number of carbonyl (C=O) groups excluding carboxylic acids is 2. The van der Waals surface area contributed by atoms with E-state index in [1.165, 1.54) is 96.3 Å². The molecular formula is C34H67O10P. The van der Waals surface area contributed by atoms with Crippen molar-refractivity contribution in [2.45, 2.75) is 180 Å². The van der Waals surface area contributed by atoms with E-state index in [2.05, 4.69) is 11.4 Å². The fraction of sp³-hybridized carbons (Fsp3) is 0.941. The second-order valence-electron chi connectivity index (χ2n) is 12.3.